The Balaban J connectivity index is 1.51. The standard InChI is InChI=1S/C12H20N2O2/c1-16-10-6-9(7-10)14-5-4-11(12(14)15)13-8-2-3-8/h8-11,13H,2-7H2,1H3. The van der Waals surface area contributed by atoms with Crippen molar-refractivity contribution >= 4 is 5.91 Å². The molecule has 1 heterocycles. The van der Waals surface area contributed by atoms with E-state index in [9.17, 15) is 4.79 Å². The Morgan fingerprint density at radius 2 is 2.06 bits per heavy atom. The quantitative estimate of drug-likeness (QED) is 0.757. The van der Waals surface area contributed by atoms with E-state index >= 15 is 0 Å². The number of rotatable bonds is 4. The van der Waals surface area contributed by atoms with Crippen LogP contribution in [-0.4, -0.2) is 48.7 Å². The highest BCUT2D eigenvalue weighted by atomic mass is 16.5. The van der Waals surface area contributed by atoms with Crippen LogP contribution in [0, 0.1) is 0 Å². The SMILES string of the molecule is COC1CC(N2CCC(NC3CC3)C2=O)C1. The highest BCUT2D eigenvalue weighted by Crippen LogP contribution is 2.31. The van der Waals surface area contributed by atoms with Gasteiger partial charge in [-0.25, -0.2) is 0 Å². The monoisotopic (exact) mass is 224 g/mol. The van der Waals surface area contributed by atoms with Crippen molar-refractivity contribution in [1.82, 2.24) is 10.2 Å². The van der Waals surface area contributed by atoms with Gasteiger partial charge in [0.25, 0.3) is 0 Å². The van der Waals surface area contributed by atoms with Gasteiger partial charge in [0.2, 0.25) is 5.91 Å². The molecule has 90 valence electrons. The predicted octanol–water partition coefficient (Wildman–Crippen LogP) is 0.517. The van der Waals surface area contributed by atoms with Gasteiger partial charge in [-0.05, 0) is 32.1 Å². The Morgan fingerprint density at radius 1 is 1.31 bits per heavy atom. The topological polar surface area (TPSA) is 41.6 Å². The maximum absolute atomic E-state index is 12.1. The molecule has 0 radical (unpaired) electrons. The van der Waals surface area contributed by atoms with Crippen molar-refractivity contribution in [2.75, 3.05) is 13.7 Å². The lowest BCUT2D eigenvalue weighted by Gasteiger charge is -2.40. The second kappa shape index (κ2) is 4.00. The average Bonchev–Trinajstić information content (AvgIpc) is 2.95. The molecule has 0 aromatic heterocycles. The van der Waals surface area contributed by atoms with Gasteiger partial charge in [-0.1, -0.05) is 0 Å². The fraction of sp³-hybridized carbons (Fsp3) is 0.917. The molecule has 4 nitrogen and oxygen atoms in total. The number of ether oxygens (including phenoxy) is 1. The lowest BCUT2D eigenvalue weighted by molar-refractivity contribution is -0.135. The molecular weight excluding hydrogens is 204 g/mol. The summed E-state index contributed by atoms with van der Waals surface area (Å²) in [6.07, 6.45) is 5.92. The zero-order valence-electron chi connectivity index (χ0n) is 9.82. The molecular formula is C12H20N2O2. The molecule has 3 rings (SSSR count). The molecule has 1 N–H and O–H groups in total. The Kier molecular flexibility index (Phi) is 2.64. The first-order chi connectivity index (χ1) is 7.78. The number of likely N-dealkylation sites (tertiary alicyclic amines) is 1. The normalized spacial score (nSPS) is 38.9. The van der Waals surface area contributed by atoms with Gasteiger partial charge < -0.3 is 15.0 Å². The fourth-order valence-electron chi connectivity index (χ4n) is 2.74. The number of carbonyl (C=O) groups is 1. The van der Waals surface area contributed by atoms with Gasteiger partial charge in [0.15, 0.2) is 0 Å². The number of nitrogens with zero attached hydrogens (tertiary/aromatic N) is 1. The van der Waals surface area contributed by atoms with Crippen LogP contribution in [0.2, 0.25) is 0 Å². The third-order valence-corrected chi connectivity index (χ3v) is 4.10. The minimum Gasteiger partial charge on any atom is -0.381 e. The Morgan fingerprint density at radius 3 is 2.69 bits per heavy atom. The van der Waals surface area contributed by atoms with E-state index in [1.807, 2.05) is 0 Å². The van der Waals surface area contributed by atoms with Crippen LogP contribution >= 0.6 is 0 Å². The summed E-state index contributed by atoms with van der Waals surface area (Å²) in [6.45, 7) is 0.935. The highest BCUT2D eigenvalue weighted by molar-refractivity contribution is 5.84. The van der Waals surface area contributed by atoms with Gasteiger partial charge in [0.1, 0.15) is 0 Å². The molecule has 16 heavy (non-hydrogen) atoms. The van der Waals surface area contributed by atoms with Crippen molar-refractivity contribution in [2.45, 2.75) is 56.3 Å². The summed E-state index contributed by atoms with van der Waals surface area (Å²) in [7, 11) is 1.75. The van der Waals surface area contributed by atoms with Gasteiger partial charge in [0.05, 0.1) is 12.1 Å². The van der Waals surface area contributed by atoms with Crippen LogP contribution in [-0.2, 0) is 9.53 Å². The first kappa shape index (κ1) is 10.5. The van der Waals surface area contributed by atoms with Crippen molar-refractivity contribution in [3.63, 3.8) is 0 Å². The van der Waals surface area contributed by atoms with Crippen LogP contribution in [0.3, 0.4) is 0 Å². The molecule has 2 aliphatic carbocycles. The van der Waals surface area contributed by atoms with E-state index in [-0.39, 0.29) is 6.04 Å². The maximum atomic E-state index is 12.1. The summed E-state index contributed by atoms with van der Waals surface area (Å²) in [5, 5.41) is 3.44. The number of amides is 1. The van der Waals surface area contributed by atoms with E-state index in [0.717, 1.165) is 25.8 Å². The number of hydrogen-bond acceptors (Lipinski definition) is 3. The van der Waals surface area contributed by atoms with Gasteiger partial charge in [-0.15, -0.1) is 0 Å². The second-order valence-corrected chi connectivity index (χ2v) is 5.30. The van der Waals surface area contributed by atoms with E-state index < -0.39 is 0 Å². The summed E-state index contributed by atoms with van der Waals surface area (Å²) < 4.78 is 5.26. The van der Waals surface area contributed by atoms with Crippen molar-refractivity contribution in [3.05, 3.63) is 0 Å². The van der Waals surface area contributed by atoms with Crippen molar-refractivity contribution in [1.29, 1.82) is 0 Å². The molecule has 1 amide bonds. The molecule has 0 spiro atoms. The lowest BCUT2D eigenvalue weighted by atomic mass is 9.88. The molecule has 1 atom stereocenters. The van der Waals surface area contributed by atoms with E-state index in [2.05, 4.69) is 10.2 Å². The molecule has 1 unspecified atom stereocenters. The fourth-order valence-corrected chi connectivity index (χ4v) is 2.74. The molecule has 3 fully saturated rings. The number of nitrogens with one attached hydrogen (secondary N) is 1. The molecule has 0 bridgehead atoms. The number of methoxy groups -OCH3 is 1. The largest absolute Gasteiger partial charge is 0.381 e. The summed E-state index contributed by atoms with van der Waals surface area (Å²) in [6, 6.07) is 1.18. The van der Waals surface area contributed by atoms with Crippen LogP contribution in [0.4, 0.5) is 0 Å². The average molecular weight is 224 g/mol. The van der Waals surface area contributed by atoms with Crippen LogP contribution in [0.5, 0.6) is 0 Å². The zero-order valence-corrected chi connectivity index (χ0v) is 9.82. The number of carbonyl (C=O) groups excluding carboxylic acids is 1. The van der Waals surface area contributed by atoms with Crippen molar-refractivity contribution < 1.29 is 9.53 Å². The lowest BCUT2D eigenvalue weighted by Crippen LogP contribution is -2.50. The molecule has 1 aliphatic heterocycles. The van der Waals surface area contributed by atoms with E-state index in [4.69, 9.17) is 4.74 Å². The van der Waals surface area contributed by atoms with E-state index in [0.29, 0.717) is 24.1 Å². The van der Waals surface area contributed by atoms with Gasteiger partial charge >= 0.3 is 0 Å². The predicted molar refractivity (Wildman–Crippen MR) is 60.1 cm³/mol. The van der Waals surface area contributed by atoms with Crippen molar-refractivity contribution in [2.24, 2.45) is 0 Å². The van der Waals surface area contributed by atoms with Crippen molar-refractivity contribution in [3.8, 4) is 0 Å². The first-order valence-electron chi connectivity index (χ1n) is 6.37. The molecule has 1 saturated heterocycles. The smallest absolute Gasteiger partial charge is 0.240 e. The number of hydrogen-bond donors (Lipinski definition) is 1. The van der Waals surface area contributed by atoms with Gasteiger partial charge in [-0.2, -0.15) is 0 Å². The summed E-state index contributed by atoms with van der Waals surface area (Å²) in [4.78, 5) is 14.2. The molecule has 0 aromatic carbocycles. The molecule has 4 heteroatoms. The third-order valence-electron chi connectivity index (χ3n) is 4.10. The highest BCUT2D eigenvalue weighted by Gasteiger charge is 2.42. The summed E-state index contributed by atoms with van der Waals surface area (Å²) >= 11 is 0. The van der Waals surface area contributed by atoms with E-state index in [1.54, 1.807) is 7.11 Å². The molecule has 0 aromatic rings. The maximum Gasteiger partial charge on any atom is 0.240 e. The molecule has 3 aliphatic rings. The summed E-state index contributed by atoms with van der Waals surface area (Å²) in [5.41, 5.74) is 0. The van der Waals surface area contributed by atoms with Crippen LogP contribution in [0.1, 0.15) is 32.1 Å². The van der Waals surface area contributed by atoms with Crippen LogP contribution in [0.15, 0.2) is 0 Å². The minimum absolute atomic E-state index is 0.106. The Labute approximate surface area is 96.3 Å². The summed E-state index contributed by atoms with van der Waals surface area (Å²) in [5.74, 6) is 0.325. The Bertz CT molecular complexity index is 285. The zero-order chi connectivity index (χ0) is 11.1. The Hall–Kier alpha value is -0.610. The van der Waals surface area contributed by atoms with Gasteiger partial charge in [0, 0.05) is 25.7 Å². The van der Waals surface area contributed by atoms with E-state index in [1.165, 1.54) is 12.8 Å². The van der Waals surface area contributed by atoms with Crippen LogP contribution < -0.4 is 5.32 Å². The van der Waals surface area contributed by atoms with Gasteiger partial charge in [-0.3, -0.25) is 4.79 Å². The van der Waals surface area contributed by atoms with Crippen LogP contribution in [0.25, 0.3) is 0 Å². The second-order valence-electron chi connectivity index (χ2n) is 5.30. The first-order valence-corrected chi connectivity index (χ1v) is 6.37. The minimum atomic E-state index is 0.106. The molecule has 2 saturated carbocycles. The third kappa shape index (κ3) is 1.84.